The third-order valence-electron chi connectivity index (χ3n) is 2.12. The summed E-state index contributed by atoms with van der Waals surface area (Å²) < 4.78 is 0. The fourth-order valence-corrected chi connectivity index (χ4v) is 1.16. The van der Waals surface area contributed by atoms with Crippen LogP contribution in [0.4, 0.5) is 0 Å². The van der Waals surface area contributed by atoms with Crippen LogP contribution in [0.3, 0.4) is 0 Å². The first kappa shape index (κ1) is 13.7. The molecule has 1 atom stereocenters. The molecule has 18 heavy (non-hydrogen) atoms. The van der Waals surface area contributed by atoms with Gasteiger partial charge >= 0.3 is 5.97 Å². The molecular weight excluding hydrogens is 238 g/mol. The summed E-state index contributed by atoms with van der Waals surface area (Å²) in [4.78, 5) is 21.9. The Kier molecular flexibility index (Phi) is 4.89. The summed E-state index contributed by atoms with van der Waals surface area (Å²) in [6, 6.07) is 4.80. The zero-order chi connectivity index (χ0) is 13.5. The van der Waals surface area contributed by atoms with E-state index < -0.39 is 24.5 Å². The van der Waals surface area contributed by atoms with Crippen molar-refractivity contribution in [3.63, 3.8) is 0 Å². The van der Waals surface area contributed by atoms with Gasteiger partial charge in [-0.3, -0.25) is 4.79 Å². The maximum Gasteiger partial charge on any atom is 0.328 e. The van der Waals surface area contributed by atoms with Crippen LogP contribution < -0.4 is 5.32 Å². The van der Waals surface area contributed by atoms with Crippen LogP contribution in [-0.4, -0.2) is 39.8 Å². The lowest BCUT2D eigenvalue weighted by Gasteiger charge is -2.09. The number of amides is 1. The molecular formula is C12H13NO5. The molecule has 0 aromatic heterocycles. The second-order valence-corrected chi connectivity index (χ2v) is 3.51. The van der Waals surface area contributed by atoms with Crippen molar-refractivity contribution >= 4 is 18.0 Å². The van der Waals surface area contributed by atoms with Gasteiger partial charge in [0.1, 0.15) is 5.75 Å². The molecule has 6 nitrogen and oxygen atoms in total. The number of benzene rings is 1. The minimum atomic E-state index is -1.32. The highest BCUT2D eigenvalue weighted by atomic mass is 16.4. The van der Waals surface area contributed by atoms with Crippen LogP contribution in [0, 0.1) is 0 Å². The zero-order valence-corrected chi connectivity index (χ0v) is 9.41. The highest BCUT2D eigenvalue weighted by molar-refractivity contribution is 5.94. The lowest BCUT2D eigenvalue weighted by molar-refractivity contribution is -0.142. The number of aliphatic carboxylic acids is 1. The molecule has 1 aromatic carbocycles. The van der Waals surface area contributed by atoms with Gasteiger partial charge < -0.3 is 20.6 Å². The predicted octanol–water partition coefficient (Wildman–Crippen LogP) is -0.0329. The molecule has 0 radical (unpaired) electrons. The number of nitrogens with one attached hydrogen (secondary N) is 1. The van der Waals surface area contributed by atoms with E-state index in [2.05, 4.69) is 5.32 Å². The number of rotatable bonds is 5. The summed E-state index contributed by atoms with van der Waals surface area (Å²) in [5.41, 5.74) is 0.679. The largest absolute Gasteiger partial charge is 0.508 e. The minimum absolute atomic E-state index is 0.114. The van der Waals surface area contributed by atoms with E-state index in [4.69, 9.17) is 15.3 Å². The normalized spacial score (nSPS) is 12.3. The molecule has 1 amide bonds. The van der Waals surface area contributed by atoms with Crippen LogP contribution in [0.15, 0.2) is 30.3 Å². The van der Waals surface area contributed by atoms with Crippen LogP contribution in [0.5, 0.6) is 5.75 Å². The molecule has 0 spiro atoms. The highest BCUT2D eigenvalue weighted by Crippen LogP contribution is 2.10. The number of carbonyl (C=O) groups excluding carboxylic acids is 1. The molecule has 1 aromatic rings. The van der Waals surface area contributed by atoms with Gasteiger partial charge in [-0.25, -0.2) is 4.79 Å². The SMILES string of the molecule is O=C(/C=C/c1ccc(O)cc1)N[C@H](CO)C(=O)O. The Hall–Kier alpha value is -2.34. The molecule has 6 heteroatoms. The van der Waals surface area contributed by atoms with Gasteiger partial charge in [0, 0.05) is 6.08 Å². The molecule has 0 saturated carbocycles. The number of carboxylic acid groups (broad SMARTS) is 1. The van der Waals surface area contributed by atoms with E-state index >= 15 is 0 Å². The summed E-state index contributed by atoms with van der Waals surface area (Å²) in [7, 11) is 0. The summed E-state index contributed by atoms with van der Waals surface area (Å²) in [5.74, 6) is -1.81. The number of carbonyl (C=O) groups is 2. The van der Waals surface area contributed by atoms with Crippen molar-refractivity contribution < 1.29 is 24.9 Å². The molecule has 0 aliphatic carbocycles. The van der Waals surface area contributed by atoms with Crippen molar-refractivity contribution in [2.24, 2.45) is 0 Å². The molecule has 1 rings (SSSR count). The number of aliphatic hydroxyl groups excluding tert-OH is 1. The predicted molar refractivity (Wildman–Crippen MR) is 63.8 cm³/mol. The maximum absolute atomic E-state index is 11.3. The van der Waals surface area contributed by atoms with E-state index in [9.17, 15) is 9.59 Å². The Morgan fingerprint density at radius 3 is 2.39 bits per heavy atom. The number of carboxylic acids is 1. The average molecular weight is 251 g/mol. The molecule has 0 aliphatic rings. The van der Waals surface area contributed by atoms with Crippen molar-refractivity contribution in [1.82, 2.24) is 5.32 Å². The number of aromatic hydroxyl groups is 1. The van der Waals surface area contributed by atoms with E-state index in [1.54, 1.807) is 12.1 Å². The first-order valence-corrected chi connectivity index (χ1v) is 5.14. The first-order chi connectivity index (χ1) is 8.52. The van der Waals surface area contributed by atoms with Gasteiger partial charge in [-0.1, -0.05) is 12.1 Å². The molecule has 0 bridgehead atoms. The maximum atomic E-state index is 11.3. The third-order valence-corrected chi connectivity index (χ3v) is 2.12. The van der Waals surface area contributed by atoms with Gasteiger partial charge in [-0.15, -0.1) is 0 Å². The van der Waals surface area contributed by atoms with Gasteiger partial charge in [0.05, 0.1) is 6.61 Å². The standard InChI is InChI=1S/C12H13NO5/c14-7-10(12(17)18)13-11(16)6-3-8-1-4-9(15)5-2-8/h1-6,10,14-15H,7H2,(H,13,16)(H,17,18)/b6-3+/t10-/m1/s1. The molecule has 4 N–H and O–H groups in total. The van der Waals surface area contributed by atoms with E-state index in [1.165, 1.54) is 18.2 Å². The lowest BCUT2D eigenvalue weighted by atomic mass is 10.2. The second kappa shape index (κ2) is 6.41. The van der Waals surface area contributed by atoms with Crippen molar-refractivity contribution in [2.45, 2.75) is 6.04 Å². The fraction of sp³-hybridized carbons (Fsp3) is 0.167. The minimum Gasteiger partial charge on any atom is -0.508 e. The molecule has 0 saturated heterocycles. The molecule has 0 unspecified atom stereocenters. The van der Waals surface area contributed by atoms with Gasteiger partial charge in [0.2, 0.25) is 5.91 Å². The Morgan fingerprint density at radius 2 is 1.89 bits per heavy atom. The van der Waals surface area contributed by atoms with Crippen molar-refractivity contribution in [3.8, 4) is 5.75 Å². The zero-order valence-electron chi connectivity index (χ0n) is 9.41. The smallest absolute Gasteiger partial charge is 0.328 e. The first-order valence-electron chi connectivity index (χ1n) is 5.14. The summed E-state index contributed by atoms with van der Waals surface area (Å²) in [6.45, 7) is -0.672. The Bertz CT molecular complexity index is 452. The second-order valence-electron chi connectivity index (χ2n) is 3.51. The van der Waals surface area contributed by atoms with E-state index in [0.29, 0.717) is 5.56 Å². The molecule has 96 valence electrons. The third kappa shape index (κ3) is 4.26. The van der Waals surface area contributed by atoms with Gasteiger partial charge in [-0.05, 0) is 23.8 Å². The summed E-state index contributed by atoms with van der Waals surface area (Å²) >= 11 is 0. The van der Waals surface area contributed by atoms with Crippen molar-refractivity contribution in [2.75, 3.05) is 6.61 Å². The number of aliphatic hydroxyl groups is 1. The van der Waals surface area contributed by atoms with Crippen LogP contribution >= 0.6 is 0 Å². The highest BCUT2D eigenvalue weighted by Gasteiger charge is 2.16. The number of hydrogen-bond donors (Lipinski definition) is 4. The molecule has 0 aliphatic heterocycles. The summed E-state index contributed by atoms with van der Waals surface area (Å²) in [5, 5.41) is 28.5. The quantitative estimate of drug-likeness (QED) is 0.550. The van der Waals surface area contributed by atoms with E-state index in [1.807, 2.05) is 0 Å². The fourth-order valence-electron chi connectivity index (χ4n) is 1.16. The van der Waals surface area contributed by atoms with Gasteiger partial charge in [0.25, 0.3) is 0 Å². The average Bonchev–Trinajstić information content (AvgIpc) is 2.35. The Morgan fingerprint density at radius 1 is 1.28 bits per heavy atom. The monoisotopic (exact) mass is 251 g/mol. The van der Waals surface area contributed by atoms with E-state index in [-0.39, 0.29) is 5.75 Å². The van der Waals surface area contributed by atoms with Gasteiger partial charge in [0.15, 0.2) is 6.04 Å². The van der Waals surface area contributed by atoms with Crippen LogP contribution in [0.25, 0.3) is 6.08 Å². The number of phenolic OH excluding ortho intramolecular Hbond substituents is 1. The Labute approximate surface area is 103 Å². The summed E-state index contributed by atoms with van der Waals surface area (Å²) in [6.07, 6.45) is 2.61. The molecule has 0 fully saturated rings. The Balaban J connectivity index is 2.59. The topological polar surface area (TPSA) is 107 Å². The number of phenols is 1. The van der Waals surface area contributed by atoms with Gasteiger partial charge in [-0.2, -0.15) is 0 Å². The lowest BCUT2D eigenvalue weighted by Crippen LogP contribution is -2.42. The van der Waals surface area contributed by atoms with Crippen LogP contribution in [0.2, 0.25) is 0 Å². The van der Waals surface area contributed by atoms with Crippen molar-refractivity contribution in [3.05, 3.63) is 35.9 Å². The van der Waals surface area contributed by atoms with E-state index in [0.717, 1.165) is 6.08 Å². The number of hydrogen-bond acceptors (Lipinski definition) is 4. The van der Waals surface area contributed by atoms with Crippen LogP contribution in [0.1, 0.15) is 5.56 Å². The van der Waals surface area contributed by atoms with Crippen molar-refractivity contribution in [1.29, 1.82) is 0 Å². The molecule has 0 heterocycles. The van der Waals surface area contributed by atoms with Crippen LogP contribution in [-0.2, 0) is 9.59 Å².